The highest BCUT2D eigenvalue weighted by Crippen LogP contribution is 2.35. The lowest BCUT2D eigenvalue weighted by Crippen LogP contribution is -2.51. The van der Waals surface area contributed by atoms with Gasteiger partial charge in [0, 0.05) is 29.2 Å². The van der Waals surface area contributed by atoms with Crippen molar-refractivity contribution in [3.8, 4) is 17.3 Å². The first-order chi connectivity index (χ1) is 19.9. The number of benzene rings is 2. The van der Waals surface area contributed by atoms with Crippen LogP contribution in [0.5, 0.6) is 11.6 Å². The Bertz CT molecular complexity index is 1810. The van der Waals surface area contributed by atoms with Gasteiger partial charge in [-0.3, -0.25) is 4.79 Å². The van der Waals surface area contributed by atoms with Crippen molar-refractivity contribution >= 4 is 28.2 Å². The van der Waals surface area contributed by atoms with Crippen LogP contribution in [-0.4, -0.2) is 51.3 Å². The molecule has 7 rings (SSSR count). The Balaban J connectivity index is 1.16. The number of fused-ring (bicyclic) bond motifs is 2. The van der Waals surface area contributed by atoms with Crippen LogP contribution in [0.25, 0.3) is 16.6 Å². The third-order valence-corrected chi connectivity index (χ3v) is 7.74. The topological polar surface area (TPSA) is 111 Å². The number of ketones is 1. The van der Waals surface area contributed by atoms with Crippen molar-refractivity contribution in [1.82, 2.24) is 19.7 Å². The summed E-state index contributed by atoms with van der Waals surface area (Å²) in [5.74, 6) is -2.36. The second kappa shape index (κ2) is 9.70. The number of H-pyrrole nitrogens is 1. The van der Waals surface area contributed by atoms with E-state index in [1.54, 1.807) is 6.92 Å². The minimum atomic E-state index is -0.838. The number of nitrogen functional groups attached to an aromatic ring is 1. The molecule has 0 saturated carbocycles. The summed E-state index contributed by atoms with van der Waals surface area (Å²) in [5.41, 5.74) is 11.5. The van der Waals surface area contributed by atoms with Crippen molar-refractivity contribution in [2.75, 3.05) is 30.4 Å². The normalized spacial score (nSPS) is 15.1. The molecule has 2 aliphatic heterocycles. The van der Waals surface area contributed by atoms with Crippen molar-refractivity contribution in [2.45, 2.75) is 25.8 Å². The third-order valence-electron chi connectivity index (χ3n) is 7.74. The van der Waals surface area contributed by atoms with E-state index in [9.17, 15) is 13.6 Å². The number of carbonyl (C=O) groups is 1. The Labute approximate surface area is 233 Å². The van der Waals surface area contributed by atoms with Gasteiger partial charge in [-0.2, -0.15) is 5.10 Å². The molecule has 208 valence electrons. The van der Waals surface area contributed by atoms with Gasteiger partial charge in [-0.1, -0.05) is 6.07 Å². The zero-order valence-electron chi connectivity index (χ0n) is 22.2. The average Bonchev–Trinajstić information content (AvgIpc) is 3.52. The Morgan fingerprint density at radius 3 is 2.66 bits per heavy atom. The van der Waals surface area contributed by atoms with E-state index >= 15 is 0 Å². The molecule has 0 amide bonds. The number of anilines is 2. The number of nitrogens with zero attached hydrogens (tertiary/aromatic N) is 4. The number of halogens is 2. The highest BCUT2D eigenvalue weighted by atomic mass is 19.1. The fourth-order valence-corrected chi connectivity index (χ4v) is 5.50. The lowest BCUT2D eigenvalue weighted by atomic mass is 9.98. The van der Waals surface area contributed by atoms with Gasteiger partial charge in [0.25, 0.3) is 0 Å². The number of carbonyl (C=O) groups excluding carboxylic acids is 1. The van der Waals surface area contributed by atoms with E-state index in [0.29, 0.717) is 23.0 Å². The van der Waals surface area contributed by atoms with Crippen molar-refractivity contribution in [3.63, 3.8) is 0 Å². The molecule has 2 aliphatic rings. The SMILES string of the molecule is Cc1cc(Oc2c(F)cccc2F)ncc1-n1ncc(C(=O)c2cc3cc4c(cc3[nH]2)CCCN4C2COC2)c1N. The summed E-state index contributed by atoms with van der Waals surface area (Å²) in [4.78, 5) is 23.4. The lowest BCUT2D eigenvalue weighted by molar-refractivity contribution is 0.00757. The summed E-state index contributed by atoms with van der Waals surface area (Å²) in [6.07, 6.45) is 4.92. The second-order valence-electron chi connectivity index (χ2n) is 10.4. The van der Waals surface area contributed by atoms with Gasteiger partial charge in [0.1, 0.15) is 5.82 Å². The highest BCUT2D eigenvalue weighted by molar-refractivity contribution is 6.12. The molecule has 1 fully saturated rings. The van der Waals surface area contributed by atoms with Gasteiger partial charge in [0.05, 0.1) is 48.6 Å². The smallest absolute Gasteiger partial charge is 0.219 e. The molecule has 3 N–H and O–H groups in total. The monoisotopic (exact) mass is 556 g/mol. The predicted octanol–water partition coefficient (Wildman–Crippen LogP) is 5.09. The standard InChI is InChI=1S/C30H26F2N6O3/c1-16-8-27(41-29-21(31)5-2-6-22(29)32)34-13-26(16)38-30(33)20(12-35-38)28(39)24-10-18-11-25-17(9-23(18)36-24)4-3-7-37(25)19-14-40-15-19/h2,5-6,8-13,19,36H,3-4,7,14-15,33H2,1H3. The summed E-state index contributed by atoms with van der Waals surface area (Å²) in [6.45, 7) is 4.24. The zero-order valence-corrected chi connectivity index (χ0v) is 22.2. The Hall–Kier alpha value is -4.77. The van der Waals surface area contributed by atoms with Gasteiger partial charge in [-0.25, -0.2) is 18.4 Å². The maximum Gasteiger partial charge on any atom is 0.219 e. The number of nitrogens with two attached hydrogens (primary N) is 1. The number of nitrogens with one attached hydrogen (secondary N) is 1. The molecule has 11 heteroatoms. The molecular formula is C30H26F2N6O3. The van der Waals surface area contributed by atoms with Crippen LogP contribution in [0.4, 0.5) is 20.3 Å². The minimum Gasteiger partial charge on any atom is -0.433 e. The largest absolute Gasteiger partial charge is 0.433 e. The molecule has 1 saturated heterocycles. The van der Waals surface area contributed by atoms with Gasteiger partial charge in [-0.05, 0) is 61.2 Å². The predicted molar refractivity (Wildman–Crippen MR) is 149 cm³/mol. The van der Waals surface area contributed by atoms with Crippen LogP contribution in [0.3, 0.4) is 0 Å². The quantitative estimate of drug-likeness (QED) is 0.280. The summed E-state index contributed by atoms with van der Waals surface area (Å²) in [7, 11) is 0. The maximum absolute atomic E-state index is 14.0. The fourth-order valence-electron chi connectivity index (χ4n) is 5.50. The van der Waals surface area contributed by atoms with Gasteiger partial charge in [-0.15, -0.1) is 0 Å². The van der Waals surface area contributed by atoms with Gasteiger partial charge >= 0.3 is 0 Å². The van der Waals surface area contributed by atoms with E-state index in [0.717, 1.165) is 55.6 Å². The number of pyridine rings is 1. The lowest BCUT2D eigenvalue weighted by Gasteiger charge is -2.42. The molecule has 0 atom stereocenters. The van der Waals surface area contributed by atoms with Crippen molar-refractivity contribution in [2.24, 2.45) is 0 Å². The molecule has 0 unspecified atom stereocenters. The van der Waals surface area contributed by atoms with Gasteiger partial charge < -0.3 is 25.1 Å². The number of aryl methyl sites for hydroxylation is 2. The van der Waals surface area contributed by atoms with E-state index in [2.05, 4.69) is 32.1 Å². The van der Waals surface area contributed by atoms with E-state index in [1.807, 2.05) is 6.07 Å². The zero-order chi connectivity index (χ0) is 28.2. The summed E-state index contributed by atoms with van der Waals surface area (Å²) < 4.78 is 40.2. The summed E-state index contributed by atoms with van der Waals surface area (Å²) in [5, 5.41) is 5.29. The van der Waals surface area contributed by atoms with Crippen LogP contribution in [0, 0.1) is 18.6 Å². The molecule has 0 aliphatic carbocycles. The molecule has 5 heterocycles. The van der Waals surface area contributed by atoms with Crippen LogP contribution in [0.2, 0.25) is 0 Å². The number of para-hydroxylation sites is 1. The number of aromatic amines is 1. The van der Waals surface area contributed by atoms with Crippen LogP contribution in [-0.2, 0) is 11.2 Å². The number of aromatic nitrogens is 4. The van der Waals surface area contributed by atoms with Gasteiger partial charge in [0.2, 0.25) is 17.4 Å². The first kappa shape index (κ1) is 25.2. The first-order valence-corrected chi connectivity index (χ1v) is 13.3. The molecule has 0 radical (unpaired) electrons. The van der Waals surface area contributed by atoms with Crippen molar-refractivity contribution in [3.05, 3.63) is 88.9 Å². The summed E-state index contributed by atoms with van der Waals surface area (Å²) in [6, 6.07) is 11.5. The third kappa shape index (κ3) is 4.29. The molecule has 41 heavy (non-hydrogen) atoms. The van der Waals surface area contributed by atoms with E-state index in [-0.39, 0.29) is 23.0 Å². The van der Waals surface area contributed by atoms with E-state index in [4.69, 9.17) is 15.2 Å². The Kier molecular flexibility index (Phi) is 5.97. The second-order valence-corrected chi connectivity index (χ2v) is 10.4. The van der Waals surface area contributed by atoms with E-state index < -0.39 is 17.4 Å². The number of ether oxygens (including phenoxy) is 2. The highest BCUT2D eigenvalue weighted by Gasteiger charge is 2.30. The molecule has 3 aromatic heterocycles. The number of hydrogen-bond acceptors (Lipinski definition) is 7. The molecule has 0 spiro atoms. The first-order valence-electron chi connectivity index (χ1n) is 13.3. The van der Waals surface area contributed by atoms with E-state index in [1.165, 1.54) is 40.5 Å². The van der Waals surface area contributed by atoms with Crippen LogP contribution >= 0.6 is 0 Å². The molecule has 2 aromatic carbocycles. The molecular weight excluding hydrogens is 530 g/mol. The van der Waals surface area contributed by atoms with Crippen molar-refractivity contribution in [1.29, 1.82) is 0 Å². The summed E-state index contributed by atoms with van der Waals surface area (Å²) >= 11 is 0. The number of rotatable bonds is 6. The fraction of sp³-hybridized carbons (Fsp3) is 0.233. The van der Waals surface area contributed by atoms with Gasteiger partial charge in [0.15, 0.2) is 11.6 Å². The van der Waals surface area contributed by atoms with Crippen LogP contribution in [0.1, 0.15) is 33.6 Å². The number of hydrogen-bond donors (Lipinski definition) is 2. The molecule has 0 bridgehead atoms. The minimum absolute atomic E-state index is 0.00134. The average molecular weight is 557 g/mol. The maximum atomic E-state index is 14.0. The molecule has 5 aromatic rings. The Morgan fingerprint density at radius 1 is 1.12 bits per heavy atom. The van der Waals surface area contributed by atoms with Crippen LogP contribution < -0.4 is 15.4 Å². The Morgan fingerprint density at radius 2 is 1.93 bits per heavy atom. The molecule has 9 nitrogen and oxygen atoms in total. The van der Waals surface area contributed by atoms with Crippen LogP contribution in [0.15, 0.2) is 54.9 Å². The van der Waals surface area contributed by atoms with Crippen molar-refractivity contribution < 1.29 is 23.0 Å².